The lowest BCUT2D eigenvalue weighted by molar-refractivity contribution is -0.142. The predicted octanol–water partition coefficient (Wildman–Crippen LogP) is -3.97. The van der Waals surface area contributed by atoms with E-state index in [-0.39, 0.29) is 43.4 Å². The molecular weight excluding hydrogens is 951 g/mol. The quantitative estimate of drug-likeness (QED) is 0.0465. The highest BCUT2D eigenvalue weighted by molar-refractivity contribution is 8.76. The molecule has 26 heteroatoms. The first kappa shape index (κ1) is 58.3. The molecule has 0 bridgehead atoms. The minimum absolute atomic E-state index is 0.00619. The van der Waals surface area contributed by atoms with E-state index >= 15 is 0 Å². The molecule has 24 nitrogen and oxygen atoms in total. The van der Waals surface area contributed by atoms with Crippen LogP contribution in [0.5, 0.6) is 0 Å². The summed E-state index contributed by atoms with van der Waals surface area (Å²) in [5.74, 6) is -10.5. The molecule has 0 saturated carbocycles. The van der Waals surface area contributed by atoms with Gasteiger partial charge in [0, 0.05) is 30.5 Å². The van der Waals surface area contributed by atoms with Crippen LogP contribution in [0.1, 0.15) is 78.2 Å². The van der Waals surface area contributed by atoms with E-state index in [2.05, 4.69) is 42.5 Å². The van der Waals surface area contributed by atoms with Gasteiger partial charge in [-0.25, -0.2) is 0 Å². The van der Waals surface area contributed by atoms with E-state index in [0.29, 0.717) is 31.4 Å². The van der Waals surface area contributed by atoms with E-state index in [1.165, 1.54) is 4.90 Å². The van der Waals surface area contributed by atoms with E-state index in [4.69, 9.17) is 22.9 Å². The lowest BCUT2D eigenvalue weighted by Gasteiger charge is -2.31. The molecule has 9 atom stereocenters. The van der Waals surface area contributed by atoms with E-state index in [9.17, 15) is 52.7 Å². The fourth-order valence-corrected chi connectivity index (χ4v) is 9.72. The van der Waals surface area contributed by atoms with Gasteiger partial charge in [-0.3, -0.25) is 52.7 Å². The Morgan fingerprint density at radius 3 is 1.94 bits per heavy atom. The van der Waals surface area contributed by atoms with Gasteiger partial charge < -0.3 is 70.4 Å². The van der Waals surface area contributed by atoms with Crippen molar-refractivity contribution in [2.45, 2.75) is 133 Å². The Morgan fingerprint density at radius 1 is 0.757 bits per heavy atom. The average molecular weight is 1020 g/mol. The van der Waals surface area contributed by atoms with Crippen molar-refractivity contribution < 1.29 is 52.7 Å². The molecular formula is C44H69N13O11S2. The second-order valence-corrected chi connectivity index (χ2v) is 20.1. The molecule has 70 heavy (non-hydrogen) atoms. The van der Waals surface area contributed by atoms with E-state index in [1.807, 2.05) is 13.8 Å². The first-order valence-electron chi connectivity index (χ1n) is 23.1. The summed E-state index contributed by atoms with van der Waals surface area (Å²) in [7, 11) is 2.08. The molecule has 2 aliphatic rings. The van der Waals surface area contributed by atoms with Gasteiger partial charge in [0.15, 0.2) is 0 Å². The average Bonchev–Trinajstić information content (AvgIpc) is 3.80. The topological polar surface area (TPSA) is 391 Å². The molecule has 1 aromatic rings. The third kappa shape index (κ3) is 19.4. The highest BCUT2D eigenvalue weighted by Gasteiger charge is 2.41. The molecule has 388 valence electrons. The van der Waals surface area contributed by atoms with Crippen LogP contribution >= 0.6 is 21.6 Å². The number of amides is 11. The predicted molar refractivity (Wildman–Crippen MR) is 261 cm³/mol. The van der Waals surface area contributed by atoms with Crippen LogP contribution in [0.15, 0.2) is 30.3 Å². The zero-order valence-electron chi connectivity index (χ0n) is 39.9. The summed E-state index contributed by atoms with van der Waals surface area (Å²) < 4.78 is 0. The number of nitrogens with zero attached hydrogens (tertiary/aromatic N) is 1. The lowest BCUT2D eigenvalue weighted by atomic mass is 9.96. The van der Waals surface area contributed by atoms with Gasteiger partial charge >= 0.3 is 0 Å². The summed E-state index contributed by atoms with van der Waals surface area (Å²) in [5, 5.41) is 21.0. The smallest absolute Gasteiger partial charge is 0.246 e. The standard InChI is InChI=1S/C44H69N13O11S2/c1-5-24(4)36-43(67)54-30(19-34(47)59)39(63)53-29(18-33(46)58)40(64)55-31(22-70-69-21-26(45)37(61)52-28(41(65)56-36)17-25-11-7-6-8-12-25)44(68)57-16-10-14-32(57)42(66)51-27(13-9-15-49-23(2)3)38(62)50-20-35(48)60/h6-8,11-12,23-24,26-32,36,49H,5,9-10,13-22,45H2,1-4H3,(H2,46,58)(H2,47,59)(H2,48,60)(H,50,62)(H,51,66)(H,52,61)(H,53,63)(H,54,67)(H,55,64)(H,56,65)/t24-,26-,27-,28-,29-,30-,31-,32-,36-/m0/s1. The van der Waals surface area contributed by atoms with Gasteiger partial charge in [-0.15, -0.1) is 0 Å². The Kier molecular flexibility index (Phi) is 24.4. The van der Waals surface area contributed by atoms with Crippen LogP contribution < -0.4 is 65.5 Å². The largest absolute Gasteiger partial charge is 0.370 e. The molecule has 0 unspecified atom stereocenters. The molecule has 0 spiro atoms. The summed E-state index contributed by atoms with van der Waals surface area (Å²) in [6.07, 6.45) is -0.120. The molecule has 0 aliphatic carbocycles. The first-order chi connectivity index (χ1) is 33.1. The van der Waals surface area contributed by atoms with Crippen LogP contribution in [0.25, 0.3) is 0 Å². The van der Waals surface area contributed by atoms with Crippen molar-refractivity contribution in [1.29, 1.82) is 0 Å². The molecule has 2 saturated heterocycles. The molecule has 2 heterocycles. The maximum Gasteiger partial charge on any atom is 0.246 e. The summed E-state index contributed by atoms with van der Waals surface area (Å²) in [6.45, 7) is 7.37. The van der Waals surface area contributed by atoms with E-state index in [1.54, 1.807) is 44.2 Å². The number of hydrogen-bond donors (Lipinski definition) is 12. The Morgan fingerprint density at radius 2 is 1.34 bits per heavy atom. The molecule has 0 aromatic heterocycles. The molecule has 11 amide bonds. The van der Waals surface area contributed by atoms with Crippen LogP contribution in [-0.4, -0.2) is 155 Å². The molecule has 0 radical (unpaired) electrons. The number of primary amides is 3. The van der Waals surface area contributed by atoms with Crippen LogP contribution in [0.3, 0.4) is 0 Å². The second-order valence-electron chi connectivity index (χ2n) is 17.5. The number of benzene rings is 1. The van der Waals surface area contributed by atoms with Crippen LogP contribution in [0.2, 0.25) is 0 Å². The molecule has 3 rings (SSSR count). The molecule has 16 N–H and O–H groups in total. The van der Waals surface area contributed by atoms with Crippen molar-refractivity contribution in [1.82, 2.24) is 47.4 Å². The number of carbonyl (C=O) groups excluding carboxylic acids is 11. The Labute approximate surface area is 414 Å². The minimum atomic E-state index is -1.78. The fourth-order valence-electron chi connectivity index (χ4n) is 7.44. The zero-order chi connectivity index (χ0) is 52.1. The fraction of sp³-hybridized carbons (Fsp3) is 0.614. The van der Waals surface area contributed by atoms with Gasteiger partial charge in [-0.1, -0.05) is 86.0 Å². The Bertz CT molecular complexity index is 2040. The summed E-state index contributed by atoms with van der Waals surface area (Å²) in [6, 6.07) is -2.11. The second kappa shape index (κ2) is 29.3. The first-order valence-corrected chi connectivity index (χ1v) is 25.6. The van der Waals surface area contributed by atoms with Gasteiger partial charge in [-0.2, -0.15) is 0 Å². The summed E-state index contributed by atoms with van der Waals surface area (Å²) >= 11 is 0. The monoisotopic (exact) mass is 1020 g/mol. The van der Waals surface area contributed by atoms with Crippen LogP contribution in [0, 0.1) is 5.92 Å². The number of carbonyl (C=O) groups is 11. The van der Waals surface area contributed by atoms with Crippen molar-refractivity contribution in [3.05, 3.63) is 35.9 Å². The highest BCUT2D eigenvalue weighted by Crippen LogP contribution is 2.26. The normalized spacial score (nSPS) is 24.1. The zero-order valence-corrected chi connectivity index (χ0v) is 41.5. The number of nitrogens with two attached hydrogens (primary N) is 4. The van der Waals surface area contributed by atoms with Gasteiger partial charge in [0.25, 0.3) is 0 Å². The number of nitrogens with one attached hydrogen (secondary N) is 8. The minimum Gasteiger partial charge on any atom is -0.370 e. The van der Waals surface area contributed by atoms with Crippen LogP contribution in [-0.2, 0) is 59.2 Å². The van der Waals surface area contributed by atoms with Crippen molar-refractivity contribution >= 4 is 86.6 Å². The molecule has 2 aliphatic heterocycles. The number of rotatable bonds is 19. The molecule has 1 aromatic carbocycles. The van der Waals surface area contributed by atoms with E-state index < -0.39 is 139 Å². The van der Waals surface area contributed by atoms with Gasteiger partial charge in [0.05, 0.1) is 25.4 Å². The van der Waals surface area contributed by atoms with Gasteiger partial charge in [0.1, 0.15) is 42.3 Å². The summed E-state index contributed by atoms with van der Waals surface area (Å²) in [5.41, 5.74) is 23.2. The van der Waals surface area contributed by atoms with Crippen molar-refractivity contribution in [3.8, 4) is 0 Å². The summed E-state index contributed by atoms with van der Waals surface area (Å²) in [4.78, 5) is 149. The third-order valence-corrected chi connectivity index (χ3v) is 13.9. The van der Waals surface area contributed by atoms with Crippen LogP contribution in [0.4, 0.5) is 0 Å². The maximum atomic E-state index is 14.5. The third-order valence-electron chi connectivity index (χ3n) is 11.4. The van der Waals surface area contributed by atoms with E-state index in [0.717, 1.165) is 21.6 Å². The lowest BCUT2D eigenvalue weighted by Crippen LogP contribution is -2.62. The Balaban J connectivity index is 2.02. The van der Waals surface area contributed by atoms with Crippen molar-refractivity contribution in [2.75, 3.05) is 31.1 Å². The van der Waals surface area contributed by atoms with Gasteiger partial charge in [0.2, 0.25) is 65.0 Å². The SMILES string of the molecule is CC[C@H](C)[C@@H]1NC(=O)[C@H](Cc2ccccc2)NC(=O)[C@@H](N)CSSC[C@@H](C(=O)N2CCC[C@H]2C(=O)N[C@@H](CCCNC(C)C)C(=O)NCC(N)=O)NC(=O)[C@H](CC(N)=O)NC(=O)[C@H](CC(N)=O)NC1=O. The number of hydrogen-bond acceptors (Lipinski definition) is 15. The van der Waals surface area contributed by atoms with Crippen molar-refractivity contribution in [3.63, 3.8) is 0 Å². The Hall–Kier alpha value is -5.99. The highest BCUT2D eigenvalue weighted by atomic mass is 33.1. The number of likely N-dealkylation sites (tertiary alicyclic amines) is 1. The maximum absolute atomic E-state index is 14.5. The van der Waals surface area contributed by atoms with Crippen molar-refractivity contribution in [2.24, 2.45) is 28.9 Å². The van der Waals surface area contributed by atoms with Gasteiger partial charge in [-0.05, 0) is 43.7 Å². The molecule has 2 fully saturated rings.